The van der Waals surface area contributed by atoms with Gasteiger partial charge in [0.2, 0.25) is 0 Å². The van der Waals surface area contributed by atoms with Crippen LogP contribution in [-0.4, -0.2) is 9.13 Å². The number of nitrogens with zero attached hydrogens (tertiary/aromatic N) is 5. The summed E-state index contributed by atoms with van der Waals surface area (Å²) in [6, 6.07) is 95.7. The van der Waals surface area contributed by atoms with E-state index in [1.165, 1.54) is 32.7 Å². The summed E-state index contributed by atoms with van der Waals surface area (Å²) < 4.78 is 4.90. The first-order valence-corrected chi connectivity index (χ1v) is 25.1. The highest BCUT2D eigenvalue weighted by atomic mass is 15.1. The van der Waals surface area contributed by atoms with Crippen molar-refractivity contribution in [3.05, 3.63) is 278 Å². The molecule has 0 saturated heterocycles. The van der Waals surface area contributed by atoms with Crippen molar-refractivity contribution < 1.29 is 0 Å². The summed E-state index contributed by atoms with van der Waals surface area (Å²) in [6.07, 6.45) is 0. The van der Waals surface area contributed by atoms with Gasteiger partial charge in [-0.1, -0.05) is 133 Å². The first kappa shape index (κ1) is 44.1. The van der Waals surface area contributed by atoms with Crippen LogP contribution < -0.4 is 9.80 Å². The third kappa shape index (κ3) is 7.56. The molecule has 2 aromatic heterocycles. The van der Waals surface area contributed by atoms with Gasteiger partial charge in [0, 0.05) is 67.0 Å². The molecule has 0 fully saturated rings. The van der Waals surface area contributed by atoms with Crippen molar-refractivity contribution in [1.29, 1.82) is 5.26 Å². The maximum absolute atomic E-state index is 9.56. The molecule has 0 aliphatic heterocycles. The first-order chi connectivity index (χ1) is 36.5. The zero-order chi connectivity index (χ0) is 49.7. The molecular weight excluding hydrogens is 899 g/mol. The standard InChI is InChI=1S/C69H49N5/c1-47-48(2)61(38-37-60(47)50-33-31-49(46-70)32-34-50)51-41-58(73-66-29-17-15-27-62(66)64-44-56(35-39-68(64)73)71(52-19-7-3-8-20-52)53-21-9-4-10-22-53)43-59(42-51)74-67-30-18-16-28-63(67)65-45-57(36-40-69(65)74)72(54-23-11-5-12-24-54)55-25-13-6-14-26-55/h3-45H,1-2H3. The average Bonchev–Trinajstić information content (AvgIpc) is 3.98. The highest BCUT2D eigenvalue weighted by Crippen LogP contribution is 2.44. The van der Waals surface area contributed by atoms with Crippen molar-refractivity contribution >= 4 is 77.7 Å². The summed E-state index contributed by atoms with van der Waals surface area (Å²) in [6.45, 7) is 4.46. The summed E-state index contributed by atoms with van der Waals surface area (Å²) in [4.78, 5) is 4.67. The van der Waals surface area contributed by atoms with Gasteiger partial charge in [0.15, 0.2) is 0 Å². The third-order valence-corrected chi connectivity index (χ3v) is 14.7. The van der Waals surface area contributed by atoms with Gasteiger partial charge in [-0.2, -0.15) is 5.26 Å². The zero-order valence-corrected chi connectivity index (χ0v) is 41.1. The molecule has 5 heteroatoms. The minimum atomic E-state index is 0.654. The van der Waals surface area contributed by atoms with Gasteiger partial charge in [0.1, 0.15) is 0 Å². The molecule has 350 valence electrons. The molecule has 0 aliphatic carbocycles. The third-order valence-electron chi connectivity index (χ3n) is 14.7. The van der Waals surface area contributed by atoms with Crippen molar-refractivity contribution in [2.45, 2.75) is 13.8 Å². The van der Waals surface area contributed by atoms with Crippen LogP contribution in [0.5, 0.6) is 0 Å². The monoisotopic (exact) mass is 947 g/mol. The van der Waals surface area contributed by atoms with Crippen molar-refractivity contribution in [1.82, 2.24) is 9.13 Å². The van der Waals surface area contributed by atoms with E-state index in [9.17, 15) is 5.26 Å². The summed E-state index contributed by atoms with van der Waals surface area (Å²) in [5, 5.41) is 14.3. The molecule has 13 rings (SSSR count). The molecule has 0 aliphatic rings. The number of hydrogen-bond acceptors (Lipinski definition) is 3. The maximum Gasteiger partial charge on any atom is 0.0991 e. The van der Waals surface area contributed by atoms with E-state index < -0.39 is 0 Å². The second-order valence-corrected chi connectivity index (χ2v) is 19.0. The largest absolute Gasteiger partial charge is 0.310 e. The average molecular weight is 948 g/mol. The molecule has 0 atom stereocenters. The molecule has 0 unspecified atom stereocenters. The number of anilines is 6. The number of aromatic nitrogens is 2. The lowest BCUT2D eigenvalue weighted by molar-refractivity contribution is 1.13. The topological polar surface area (TPSA) is 40.1 Å². The molecule has 0 amide bonds. The molecule has 0 saturated carbocycles. The Kier molecular flexibility index (Phi) is 10.9. The Morgan fingerprint density at radius 2 is 0.676 bits per heavy atom. The zero-order valence-electron chi connectivity index (χ0n) is 41.1. The number of rotatable bonds is 10. The second kappa shape index (κ2) is 18.4. The second-order valence-electron chi connectivity index (χ2n) is 19.0. The van der Waals surface area contributed by atoms with Crippen LogP contribution in [0.4, 0.5) is 34.1 Å². The molecular formula is C69H49N5. The Morgan fingerprint density at radius 3 is 1.08 bits per heavy atom. The quantitative estimate of drug-likeness (QED) is 0.137. The fraction of sp³-hybridized carbons (Fsp3) is 0.0290. The minimum absolute atomic E-state index is 0.654. The lowest BCUT2D eigenvalue weighted by atomic mass is 9.90. The van der Waals surface area contributed by atoms with Crippen molar-refractivity contribution in [3.8, 4) is 39.7 Å². The van der Waals surface area contributed by atoms with Crippen LogP contribution in [0.15, 0.2) is 261 Å². The van der Waals surface area contributed by atoms with Crippen molar-refractivity contribution in [3.63, 3.8) is 0 Å². The van der Waals surface area contributed by atoms with Crippen LogP contribution in [0.3, 0.4) is 0 Å². The Bertz CT molecular complexity index is 3970. The minimum Gasteiger partial charge on any atom is -0.310 e. The van der Waals surface area contributed by atoms with E-state index >= 15 is 0 Å². The van der Waals surface area contributed by atoms with Gasteiger partial charge in [-0.3, -0.25) is 0 Å². The molecule has 74 heavy (non-hydrogen) atoms. The summed E-state index contributed by atoms with van der Waals surface area (Å²) in [7, 11) is 0. The predicted octanol–water partition coefficient (Wildman–Crippen LogP) is 18.6. The molecule has 0 radical (unpaired) electrons. The Balaban J connectivity index is 1.05. The highest BCUT2D eigenvalue weighted by Gasteiger charge is 2.22. The van der Waals surface area contributed by atoms with Crippen LogP contribution in [0.2, 0.25) is 0 Å². The number of hydrogen-bond donors (Lipinski definition) is 0. The fourth-order valence-corrected chi connectivity index (χ4v) is 11.1. The predicted molar refractivity (Wildman–Crippen MR) is 310 cm³/mol. The van der Waals surface area contributed by atoms with E-state index in [0.717, 1.165) is 89.8 Å². The van der Waals surface area contributed by atoms with Gasteiger partial charge in [-0.25, -0.2) is 0 Å². The maximum atomic E-state index is 9.56. The summed E-state index contributed by atoms with van der Waals surface area (Å²) in [5.41, 5.74) is 20.8. The van der Waals surface area contributed by atoms with Gasteiger partial charge in [-0.15, -0.1) is 0 Å². The number of para-hydroxylation sites is 6. The number of fused-ring (bicyclic) bond motifs is 6. The molecule has 0 spiro atoms. The Hall–Kier alpha value is -9.89. The van der Waals surface area contributed by atoms with E-state index in [1.807, 2.05) is 12.1 Å². The molecule has 0 N–H and O–H groups in total. The molecule has 5 nitrogen and oxygen atoms in total. The SMILES string of the molecule is Cc1c(-c2ccc(C#N)cc2)ccc(-c2cc(-n3c4ccccc4c4cc(N(c5ccccc5)c5ccccc5)ccc43)cc(-n3c4ccccc4c4cc(N(c5ccccc5)c5ccccc5)ccc43)c2)c1C. The summed E-state index contributed by atoms with van der Waals surface area (Å²) >= 11 is 0. The van der Waals surface area contributed by atoms with Crippen molar-refractivity contribution in [2.24, 2.45) is 0 Å². The van der Waals surface area contributed by atoms with Crippen LogP contribution in [0.1, 0.15) is 16.7 Å². The van der Waals surface area contributed by atoms with E-state index in [-0.39, 0.29) is 0 Å². The van der Waals surface area contributed by atoms with Crippen LogP contribution in [0, 0.1) is 25.2 Å². The fourth-order valence-electron chi connectivity index (χ4n) is 11.1. The number of nitriles is 1. The van der Waals surface area contributed by atoms with Gasteiger partial charge < -0.3 is 18.9 Å². The van der Waals surface area contributed by atoms with Crippen LogP contribution >= 0.6 is 0 Å². The van der Waals surface area contributed by atoms with Crippen LogP contribution in [-0.2, 0) is 0 Å². The normalized spacial score (nSPS) is 11.4. The van der Waals surface area contributed by atoms with Gasteiger partial charge in [0.25, 0.3) is 0 Å². The molecule has 0 bridgehead atoms. The lowest BCUT2D eigenvalue weighted by Gasteiger charge is -2.25. The van der Waals surface area contributed by atoms with E-state index in [2.05, 4.69) is 288 Å². The van der Waals surface area contributed by atoms with Gasteiger partial charge in [-0.05, 0) is 175 Å². The van der Waals surface area contributed by atoms with Crippen LogP contribution in [0.25, 0.3) is 77.2 Å². The molecule has 13 aromatic rings. The molecule has 2 heterocycles. The highest BCUT2D eigenvalue weighted by molar-refractivity contribution is 6.12. The van der Waals surface area contributed by atoms with E-state index in [4.69, 9.17) is 0 Å². The molecule has 11 aromatic carbocycles. The van der Waals surface area contributed by atoms with E-state index in [1.54, 1.807) is 0 Å². The summed E-state index contributed by atoms with van der Waals surface area (Å²) in [5.74, 6) is 0. The smallest absolute Gasteiger partial charge is 0.0991 e. The number of benzene rings is 11. The Morgan fingerprint density at radius 1 is 0.311 bits per heavy atom. The van der Waals surface area contributed by atoms with Crippen molar-refractivity contribution in [2.75, 3.05) is 9.80 Å². The van der Waals surface area contributed by atoms with Gasteiger partial charge >= 0.3 is 0 Å². The first-order valence-electron chi connectivity index (χ1n) is 25.1. The van der Waals surface area contributed by atoms with Gasteiger partial charge in [0.05, 0.1) is 33.7 Å². The lowest BCUT2D eigenvalue weighted by Crippen LogP contribution is -2.09. The Labute approximate surface area is 430 Å². The van der Waals surface area contributed by atoms with E-state index in [0.29, 0.717) is 5.56 Å².